The first-order valence-electron chi connectivity index (χ1n) is 8.33. The number of methoxy groups -OCH3 is 1. The Kier molecular flexibility index (Phi) is 5.16. The van der Waals surface area contributed by atoms with E-state index in [0.29, 0.717) is 5.58 Å². The Bertz CT molecular complexity index is 1100. The molecule has 0 radical (unpaired) electrons. The minimum atomic E-state index is -4.03. The van der Waals surface area contributed by atoms with Gasteiger partial charge in [0.05, 0.1) is 17.6 Å². The van der Waals surface area contributed by atoms with Crippen LogP contribution in [0.25, 0.3) is 11.0 Å². The van der Waals surface area contributed by atoms with Crippen LogP contribution in [0, 0.1) is 0 Å². The largest absolute Gasteiger partial charge is 0.496 e. The van der Waals surface area contributed by atoms with Crippen molar-refractivity contribution in [3.63, 3.8) is 0 Å². The molecule has 0 aliphatic heterocycles. The molecule has 2 aromatic carbocycles. The first-order chi connectivity index (χ1) is 13.1. The van der Waals surface area contributed by atoms with Crippen molar-refractivity contribution in [3.8, 4) is 5.75 Å². The molecule has 3 aromatic rings. The van der Waals surface area contributed by atoms with Gasteiger partial charge in [0.25, 0.3) is 5.91 Å². The number of carbonyl (C=O) groups is 1. The van der Waals surface area contributed by atoms with Crippen LogP contribution in [0.1, 0.15) is 23.0 Å². The van der Waals surface area contributed by atoms with E-state index in [1.807, 2.05) is 12.1 Å². The molecule has 1 unspecified atom stereocenters. The maximum Gasteiger partial charge on any atom is 0.252 e. The summed E-state index contributed by atoms with van der Waals surface area (Å²) in [5.74, 6) is -0.423. The molecule has 8 nitrogen and oxygen atoms in total. The summed E-state index contributed by atoms with van der Waals surface area (Å²) in [7, 11) is -2.68. The van der Waals surface area contributed by atoms with Crippen LogP contribution in [0.4, 0.5) is 0 Å². The number of rotatable bonds is 7. The molecule has 9 heteroatoms. The summed E-state index contributed by atoms with van der Waals surface area (Å²) in [6.45, 7) is 1.10. The van der Waals surface area contributed by atoms with Crippen LogP contribution in [-0.2, 0) is 15.6 Å². The van der Waals surface area contributed by atoms with Crippen molar-refractivity contribution in [1.29, 1.82) is 0 Å². The molecule has 4 N–H and O–H groups in total. The highest BCUT2D eigenvalue weighted by atomic mass is 32.2. The van der Waals surface area contributed by atoms with E-state index < -0.39 is 21.5 Å². The lowest BCUT2D eigenvalue weighted by atomic mass is 10.0. The molecule has 1 amide bonds. The van der Waals surface area contributed by atoms with Gasteiger partial charge in [0.2, 0.25) is 10.0 Å². The standard InChI is InChI=1S/C19H20N2O6S/c1-19(23,17-9-12-5-3-4-6-15(12)27-17)11-21-28(24,25)13-7-8-16(26-2)14(10-13)18(20)22/h3-10,21,23H,11H2,1-2H3,(H2,20,22). The summed E-state index contributed by atoms with van der Waals surface area (Å²) in [5, 5.41) is 11.5. The zero-order valence-electron chi connectivity index (χ0n) is 15.3. The van der Waals surface area contributed by atoms with E-state index in [1.165, 1.54) is 26.2 Å². The number of hydrogen-bond donors (Lipinski definition) is 3. The van der Waals surface area contributed by atoms with E-state index in [2.05, 4.69) is 4.72 Å². The van der Waals surface area contributed by atoms with E-state index in [4.69, 9.17) is 14.9 Å². The van der Waals surface area contributed by atoms with E-state index >= 15 is 0 Å². The van der Waals surface area contributed by atoms with Gasteiger partial charge in [-0.2, -0.15) is 0 Å². The number of carbonyl (C=O) groups excluding carboxylic acids is 1. The molecule has 1 aromatic heterocycles. The molecule has 0 saturated heterocycles. The highest BCUT2D eigenvalue weighted by Gasteiger charge is 2.30. The minimum Gasteiger partial charge on any atom is -0.496 e. The maximum atomic E-state index is 12.6. The zero-order valence-corrected chi connectivity index (χ0v) is 16.1. The number of furan rings is 1. The Balaban J connectivity index is 1.84. The summed E-state index contributed by atoms with van der Waals surface area (Å²) >= 11 is 0. The van der Waals surface area contributed by atoms with Crippen LogP contribution in [0.5, 0.6) is 5.75 Å². The third-order valence-corrected chi connectivity index (χ3v) is 5.71. The smallest absolute Gasteiger partial charge is 0.252 e. The van der Waals surface area contributed by atoms with Gasteiger partial charge in [-0.1, -0.05) is 18.2 Å². The van der Waals surface area contributed by atoms with Crippen LogP contribution >= 0.6 is 0 Å². The topological polar surface area (TPSA) is 132 Å². The Morgan fingerprint density at radius 1 is 1.25 bits per heavy atom. The van der Waals surface area contributed by atoms with Crippen LogP contribution in [0.3, 0.4) is 0 Å². The first kappa shape index (κ1) is 19.9. The lowest BCUT2D eigenvalue weighted by molar-refractivity contribution is 0.0412. The molecular formula is C19H20N2O6S. The Morgan fingerprint density at radius 3 is 2.61 bits per heavy atom. The number of primary amides is 1. The zero-order chi connectivity index (χ0) is 20.5. The molecule has 28 heavy (non-hydrogen) atoms. The number of nitrogens with two attached hydrogens (primary N) is 1. The highest BCUT2D eigenvalue weighted by molar-refractivity contribution is 7.89. The van der Waals surface area contributed by atoms with Gasteiger partial charge in [0.15, 0.2) is 0 Å². The molecule has 1 heterocycles. The summed E-state index contributed by atoms with van der Waals surface area (Å²) in [4.78, 5) is 11.3. The van der Waals surface area contributed by atoms with Gasteiger partial charge in [-0.05, 0) is 37.3 Å². The van der Waals surface area contributed by atoms with Crippen LogP contribution in [0.2, 0.25) is 0 Å². The van der Waals surface area contributed by atoms with Gasteiger partial charge in [0, 0.05) is 11.9 Å². The van der Waals surface area contributed by atoms with Crippen molar-refractivity contribution >= 4 is 26.9 Å². The van der Waals surface area contributed by atoms with E-state index in [-0.39, 0.29) is 28.5 Å². The van der Waals surface area contributed by atoms with Gasteiger partial charge in [0.1, 0.15) is 22.7 Å². The lowest BCUT2D eigenvalue weighted by Gasteiger charge is -2.21. The molecule has 148 valence electrons. The van der Waals surface area contributed by atoms with Crippen molar-refractivity contribution in [2.45, 2.75) is 17.4 Å². The Morgan fingerprint density at radius 2 is 1.96 bits per heavy atom. The normalized spacial score (nSPS) is 14.0. The molecular weight excluding hydrogens is 384 g/mol. The molecule has 0 fully saturated rings. The number of amides is 1. The number of benzene rings is 2. The number of nitrogens with one attached hydrogen (secondary N) is 1. The number of aliphatic hydroxyl groups is 1. The van der Waals surface area contributed by atoms with E-state index in [0.717, 1.165) is 11.5 Å². The summed E-state index contributed by atoms with van der Waals surface area (Å²) in [5.41, 5.74) is 4.20. The fourth-order valence-corrected chi connectivity index (χ4v) is 3.86. The predicted molar refractivity (Wildman–Crippen MR) is 102 cm³/mol. The summed E-state index contributed by atoms with van der Waals surface area (Å²) in [6, 6.07) is 12.6. The molecule has 1 atom stereocenters. The van der Waals surface area contributed by atoms with E-state index in [1.54, 1.807) is 18.2 Å². The summed E-state index contributed by atoms with van der Waals surface area (Å²) < 4.78 is 38.2. The molecule has 0 spiro atoms. The van der Waals surface area contributed by atoms with Crippen molar-refractivity contribution in [3.05, 3.63) is 59.9 Å². The average molecular weight is 404 g/mol. The predicted octanol–water partition coefficient (Wildman–Crippen LogP) is 1.73. The third-order valence-electron chi connectivity index (χ3n) is 4.31. The molecule has 0 aliphatic carbocycles. The van der Waals surface area contributed by atoms with Gasteiger partial charge < -0.3 is 20.0 Å². The van der Waals surface area contributed by atoms with Gasteiger partial charge in [-0.3, -0.25) is 4.79 Å². The van der Waals surface area contributed by atoms with Crippen molar-refractivity contribution in [2.75, 3.05) is 13.7 Å². The molecule has 0 saturated carbocycles. The molecule has 0 bridgehead atoms. The number of ether oxygens (including phenoxy) is 1. The maximum absolute atomic E-state index is 12.6. The van der Waals surface area contributed by atoms with Crippen LogP contribution in [-0.4, -0.2) is 33.1 Å². The quantitative estimate of drug-likeness (QED) is 0.549. The second kappa shape index (κ2) is 7.27. The monoisotopic (exact) mass is 404 g/mol. The summed E-state index contributed by atoms with van der Waals surface area (Å²) in [6.07, 6.45) is 0. The first-order valence-corrected chi connectivity index (χ1v) is 9.81. The van der Waals surface area contributed by atoms with Crippen molar-refractivity contribution in [2.24, 2.45) is 5.73 Å². The fourth-order valence-electron chi connectivity index (χ4n) is 2.70. The fraction of sp³-hybridized carbons (Fsp3) is 0.211. The van der Waals surface area contributed by atoms with Gasteiger partial charge >= 0.3 is 0 Å². The second-order valence-corrected chi connectivity index (χ2v) is 8.24. The van der Waals surface area contributed by atoms with Crippen LogP contribution in [0.15, 0.2) is 57.8 Å². The molecule has 0 aliphatic rings. The SMILES string of the molecule is COc1ccc(S(=O)(=O)NCC(C)(O)c2cc3ccccc3o2)cc1C(N)=O. The van der Waals surface area contributed by atoms with Gasteiger partial charge in [-0.25, -0.2) is 13.1 Å². The second-order valence-electron chi connectivity index (χ2n) is 6.47. The number of fused-ring (bicyclic) bond motifs is 1. The Labute approximate surface area is 162 Å². The van der Waals surface area contributed by atoms with Crippen LogP contribution < -0.4 is 15.2 Å². The number of hydrogen-bond acceptors (Lipinski definition) is 6. The number of sulfonamides is 1. The third kappa shape index (κ3) is 3.86. The lowest BCUT2D eigenvalue weighted by Crippen LogP contribution is -2.38. The van der Waals surface area contributed by atoms with E-state index in [9.17, 15) is 18.3 Å². The number of para-hydroxylation sites is 1. The minimum absolute atomic E-state index is 0.0607. The van der Waals surface area contributed by atoms with Crippen molar-refractivity contribution in [1.82, 2.24) is 4.72 Å². The van der Waals surface area contributed by atoms with Crippen molar-refractivity contribution < 1.29 is 27.5 Å². The highest BCUT2D eigenvalue weighted by Crippen LogP contribution is 2.28. The van der Waals surface area contributed by atoms with Gasteiger partial charge in [-0.15, -0.1) is 0 Å². The average Bonchev–Trinajstić information content (AvgIpc) is 3.11. The molecule has 3 rings (SSSR count). The Hall–Kier alpha value is -2.88.